The first-order chi connectivity index (χ1) is 16.5. The van der Waals surface area contributed by atoms with E-state index in [4.69, 9.17) is 10.8 Å². The monoisotopic (exact) mass is 512 g/mol. The van der Waals surface area contributed by atoms with Gasteiger partial charge in [0.05, 0.1) is 18.6 Å². The number of nitrogens with one attached hydrogen (secondary N) is 3. The van der Waals surface area contributed by atoms with Crippen molar-refractivity contribution >= 4 is 41.4 Å². The summed E-state index contributed by atoms with van der Waals surface area (Å²) in [6.45, 7) is 1.21. The molecular formula is C22H32N4O8S. The Hall–Kier alpha value is -3.16. The van der Waals surface area contributed by atoms with Crippen LogP contribution in [-0.4, -0.2) is 87.3 Å². The third-order valence-electron chi connectivity index (χ3n) is 4.94. The maximum Gasteiger partial charge on any atom is 0.328 e. The first-order valence-electron chi connectivity index (χ1n) is 10.8. The minimum Gasteiger partial charge on any atom is -0.481 e. The topological polar surface area (TPSA) is 208 Å². The molecule has 0 saturated heterocycles. The summed E-state index contributed by atoms with van der Waals surface area (Å²) in [5.41, 5.74) is 6.30. The number of benzene rings is 1. The van der Waals surface area contributed by atoms with Crippen molar-refractivity contribution in [1.29, 1.82) is 0 Å². The summed E-state index contributed by atoms with van der Waals surface area (Å²) in [6, 6.07) is 3.37. The van der Waals surface area contributed by atoms with Gasteiger partial charge in [-0.15, -0.1) is 0 Å². The number of carboxylic acid groups (broad SMARTS) is 2. The number of aliphatic carboxylic acids is 2. The summed E-state index contributed by atoms with van der Waals surface area (Å²) < 4.78 is 0. The van der Waals surface area contributed by atoms with Crippen LogP contribution in [0, 0.1) is 0 Å². The molecule has 0 saturated carbocycles. The summed E-state index contributed by atoms with van der Waals surface area (Å²) >= 11 is 1.40. The number of aliphatic hydroxyl groups is 1. The Morgan fingerprint density at radius 3 is 2.03 bits per heavy atom. The molecule has 0 spiro atoms. The van der Waals surface area contributed by atoms with Crippen molar-refractivity contribution in [2.24, 2.45) is 5.73 Å². The highest BCUT2D eigenvalue weighted by atomic mass is 32.2. The lowest BCUT2D eigenvalue weighted by Gasteiger charge is -2.25. The van der Waals surface area contributed by atoms with Crippen LogP contribution in [0.2, 0.25) is 0 Å². The normalized spacial score (nSPS) is 15.1. The lowest BCUT2D eigenvalue weighted by atomic mass is 10.0. The van der Waals surface area contributed by atoms with Gasteiger partial charge in [-0.2, -0.15) is 11.8 Å². The standard InChI is InChI=1S/C22H32N4O8S/c1-12(27)18(22(33)34)26-20(31)15(8-9-35-2)24-21(32)16(10-13-6-4-3-5-7-13)25-19(30)14(23)11-17(28)29/h3-7,12,14-16,18,27H,8-11,23H2,1-2H3,(H,24,32)(H,25,30)(H,26,31)(H,28,29)(H,33,34). The van der Waals surface area contributed by atoms with Crippen molar-refractivity contribution in [3.63, 3.8) is 0 Å². The second-order valence-electron chi connectivity index (χ2n) is 7.86. The predicted molar refractivity (Wildman–Crippen MR) is 128 cm³/mol. The summed E-state index contributed by atoms with van der Waals surface area (Å²) in [4.78, 5) is 60.5. The van der Waals surface area contributed by atoms with Crippen LogP contribution in [0.3, 0.4) is 0 Å². The molecule has 5 unspecified atom stereocenters. The van der Waals surface area contributed by atoms with Crippen LogP contribution in [0.25, 0.3) is 0 Å². The highest BCUT2D eigenvalue weighted by Crippen LogP contribution is 2.07. The van der Waals surface area contributed by atoms with E-state index in [1.165, 1.54) is 18.7 Å². The fraction of sp³-hybridized carbons (Fsp3) is 0.500. The molecule has 1 rings (SSSR count). The second-order valence-corrected chi connectivity index (χ2v) is 8.85. The molecular weight excluding hydrogens is 480 g/mol. The van der Waals surface area contributed by atoms with Crippen molar-refractivity contribution < 1.29 is 39.3 Å². The van der Waals surface area contributed by atoms with Crippen LogP contribution >= 0.6 is 11.8 Å². The number of hydrogen-bond acceptors (Lipinski definition) is 8. The Morgan fingerprint density at radius 1 is 0.943 bits per heavy atom. The maximum atomic E-state index is 13.1. The highest BCUT2D eigenvalue weighted by Gasteiger charge is 2.32. The van der Waals surface area contributed by atoms with Crippen molar-refractivity contribution in [2.75, 3.05) is 12.0 Å². The van der Waals surface area contributed by atoms with Crippen LogP contribution in [0.1, 0.15) is 25.3 Å². The van der Waals surface area contributed by atoms with Gasteiger partial charge >= 0.3 is 11.9 Å². The molecule has 13 heteroatoms. The molecule has 194 valence electrons. The van der Waals surface area contributed by atoms with Gasteiger partial charge in [-0.05, 0) is 30.9 Å². The maximum absolute atomic E-state index is 13.1. The molecule has 0 heterocycles. The number of rotatable bonds is 15. The lowest BCUT2D eigenvalue weighted by Crippen LogP contribution is -2.58. The van der Waals surface area contributed by atoms with Crippen molar-refractivity contribution in [2.45, 2.75) is 56.5 Å². The molecule has 1 aromatic carbocycles. The van der Waals surface area contributed by atoms with Crippen LogP contribution in [0.5, 0.6) is 0 Å². The largest absolute Gasteiger partial charge is 0.481 e. The zero-order valence-electron chi connectivity index (χ0n) is 19.5. The van der Waals surface area contributed by atoms with Gasteiger partial charge in [0, 0.05) is 6.42 Å². The number of thioether (sulfide) groups is 1. The Balaban J connectivity index is 3.09. The lowest BCUT2D eigenvalue weighted by molar-refractivity contribution is -0.145. The third kappa shape index (κ3) is 10.8. The highest BCUT2D eigenvalue weighted by molar-refractivity contribution is 7.98. The quantitative estimate of drug-likeness (QED) is 0.148. The van der Waals surface area contributed by atoms with Crippen LogP contribution in [0.4, 0.5) is 0 Å². The fourth-order valence-electron chi connectivity index (χ4n) is 3.04. The molecule has 35 heavy (non-hydrogen) atoms. The summed E-state index contributed by atoms with van der Waals surface area (Å²) in [7, 11) is 0. The molecule has 0 radical (unpaired) electrons. The zero-order valence-corrected chi connectivity index (χ0v) is 20.3. The van der Waals surface area contributed by atoms with Crippen LogP contribution < -0.4 is 21.7 Å². The number of carbonyl (C=O) groups excluding carboxylic acids is 3. The molecule has 1 aromatic rings. The minimum atomic E-state index is -1.58. The molecule has 0 aromatic heterocycles. The first-order valence-corrected chi connectivity index (χ1v) is 12.2. The van der Waals surface area contributed by atoms with Gasteiger partial charge in [-0.3, -0.25) is 19.2 Å². The van der Waals surface area contributed by atoms with Gasteiger partial charge < -0.3 is 37.0 Å². The fourth-order valence-corrected chi connectivity index (χ4v) is 3.51. The Kier molecular flexibility index (Phi) is 12.8. The van der Waals surface area contributed by atoms with Gasteiger partial charge in [0.15, 0.2) is 6.04 Å². The summed E-state index contributed by atoms with van der Waals surface area (Å²) in [5, 5.41) is 34.9. The van der Waals surface area contributed by atoms with E-state index in [1.54, 1.807) is 36.6 Å². The van der Waals surface area contributed by atoms with E-state index in [1.807, 2.05) is 0 Å². The van der Waals surface area contributed by atoms with Gasteiger partial charge in [0.25, 0.3) is 0 Å². The number of hydrogen-bond donors (Lipinski definition) is 7. The molecule has 0 bridgehead atoms. The number of nitrogens with two attached hydrogens (primary N) is 1. The van der Waals surface area contributed by atoms with E-state index in [-0.39, 0.29) is 12.8 Å². The second kappa shape index (κ2) is 15.0. The molecule has 8 N–H and O–H groups in total. The van der Waals surface area contributed by atoms with Crippen molar-refractivity contribution in [3.05, 3.63) is 35.9 Å². The predicted octanol–water partition coefficient (Wildman–Crippen LogP) is -1.30. The van der Waals surface area contributed by atoms with E-state index in [9.17, 15) is 34.2 Å². The van der Waals surface area contributed by atoms with Gasteiger partial charge in [0.2, 0.25) is 17.7 Å². The number of aliphatic hydroxyl groups excluding tert-OH is 1. The zero-order chi connectivity index (χ0) is 26.5. The van der Waals surface area contributed by atoms with Crippen molar-refractivity contribution in [1.82, 2.24) is 16.0 Å². The van der Waals surface area contributed by atoms with Gasteiger partial charge in [-0.25, -0.2) is 4.79 Å². The van der Waals surface area contributed by atoms with Crippen LogP contribution in [-0.2, 0) is 30.4 Å². The molecule has 0 aliphatic carbocycles. The van der Waals surface area contributed by atoms with E-state index < -0.39 is 66.4 Å². The summed E-state index contributed by atoms with van der Waals surface area (Å²) in [6.07, 6.45) is -0.0560. The minimum absolute atomic E-state index is 0.0283. The third-order valence-corrected chi connectivity index (χ3v) is 5.58. The van der Waals surface area contributed by atoms with Crippen LogP contribution in [0.15, 0.2) is 30.3 Å². The average molecular weight is 513 g/mol. The molecule has 12 nitrogen and oxygen atoms in total. The number of carbonyl (C=O) groups is 5. The molecule has 0 fully saturated rings. The van der Waals surface area contributed by atoms with E-state index in [0.717, 1.165) is 0 Å². The van der Waals surface area contributed by atoms with E-state index in [2.05, 4.69) is 16.0 Å². The number of carboxylic acids is 2. The molecule has 3 amide bonds. The first kappa shape index (κ1) is 29.9. The average Bonchev–Trinajstić information content (AvgIpc) is 2.79. The Morgan fingerprint density at radius 2 is 1.51 bits per heavy atom. The molecule has 5 atom stereocenters. The smallest absolute Gasteiger partial charge is 0.328 e. The van der Waals surface area contributed by atoms with Gasteiger partial charge in [0.1, 0.15) is 12.1 Å². The summed E-state index contributed by atoms with van der Waals surface area (Å²) in [5.74, 6) is -4.68. The van der Waals surface area contributed by atoms with E-state index >= 15 is 0 Å². The van der Waals surface area contributed by atoms with Gasteiger partial charge in [-0.1, -0.05) is 30.3 Å². The molecule has 0 aliphatic heterocycles. The number of amides is 3. The Labute approximate surface area is 207 Å². The SMILES string of the molecule is CSCCC(NC(=O)C(Cc1ccccc1)NC(=O)C(N)CC(=O)O)C(=O)NC(C(=O)O)C(C)O. The Bertz CT molecular complexity index is 883. The van der Waals surface area contributed by atoms with E-state index in [0.29, 0.717) is 11.3 Å². The molecule has 0 aliphatic rings. The van der Waals surface area contributed by atoms with Crippen molar-refractivity contribution in [3.8, 4) is 0 Å².